The highest BCUT2D eigenvalue weighted by atomic mass is 35.5. The maximum atomic E-state index is 12.2. The number of halogens is 2. The first-order valence-corrected chi connectivity index (χ1v) is 14.8. The molecular weight excluding hydrogens is 523 g/mol. The van der Waals surface area contributed by atoms with Crippen molar-refractivity contribution in [2.45, 2.75) is 67.2 Å². The number of nitrogens with zero attached hydrogens (tertiary/aromatic N) is 2. The Bertz CT molecular complexity index is 1180. The van der Waals surface area contributed by atoms with Gasteiger partial charge in [-0.2, -0.15) is 0 Å². The highest BCUT2D eigenvalue weighted by Crippen LogP contribution is 2.46. The van der Waals surface area contributed by atoms with Crippen molar-refractivity contribution in [3.05, 3.63) is 82.7 Å². The zero-order valence-corrected chi connectivity index (χ0v) is 23.5. The van der Waals surface area contributed by atoms with Crippen LogP contribution in [0.1, 0.15) is 62.0 Å². The second kappa shape index (κ2) is 11.3. The molecule has 3 aromatic rings. The average Bonchev–Trinajstić information content (AvgIpc) is 3.38. The molecule has 0 amide bonds. The van der Waals surface area contributed by atoms with Crippen LogP contribution in [-0.4, -0.2) is 39.6 Å². The number of quaternary nitrogens is 1. The van der Waals surface area contributed by atoms with Gasteiger partial charge < -0.3 is 26.5 Å². The van der Waals surface area contributed by atoms with Crippen molar-refractivity contribution in [3.8, 4) is 0 Å². The summed E-state index contributed by atoms with van der Waals surface area (Å²) in [6, 6.07) is 20.4. The third-order valence-electron chi connectivity index (χ3n) is 8.98. The van der Waals surface area contributed by atoms with Gasteiger partial charge in [-0.25, -0.2) is 0 Å². The van der Waals surface area contributed by atoms with E-state index in [1.165, 1.54) is 37.2 Å². The summed E-state index contributed by atoms with van der Waals surface area (Å²) in [5, 5.41) is 18.1. The maximum Gasteiger partial charge on any atom is 0.191 e. The molecule has 2 atom stereocenters. The van der Waals surface area contributed by atoms with E-state index in [1.54, 1.807) is 0 Å². The van der Waals surface area contributed by atoms with Crippen LogP contribution in [0.15, 0.2) is 70.1 Å². The molecule has 0 unspecified atom stereocenters. The summed E-state index contributed by atoms with van der Waals surface area (Å²) in [6.07, 6.45) is 8.15. The van der Waals surface area contributed by atoms with Crippen LogP contribution in [0.4, 0.5) is 0 Å². The number of benzene rings is 2. The first-order chi connectivity index (χ1) is 17.5. The minimum Gasteiger partial charge on any atom is -1.00 e. The molecule has 4 fully saturated rings. The normalized spacial score (nSPS) is 27.4. The van der Waals surface area contributed by atoms with E-state index in [0.29, 0.717) is 10.9 Å². The number of aromatic nitrogens is 1. The Hall–Kier alpha value is -1.50. The van der Waals surface area contributed by atoms with Gasteiger partial charge in [0, 0.05) is 28.8 Å². The predicted octanol–water partition coefficient (Wildman–Crippen LogP) is 4.05. The molecule has 37 heavy (non-hydrogen) atoms. The zero-order valence-electron chi connectivity index (χ0n) is 21.2. The van der Waals surface area contributed by atoms with E-state index in [-0.39, 0.29) is 18.3 Å². The van der Waals surface area contributed by atoms with Gasteiger partial charge in [0.05, 0.1) is 24.9 Å². The summed E-state index contributed by atoms with van der Waals surface area (Å²) in [6.45, 7) is 4.38. The summed E-state index contributed by atoms with van der Waals surface area (Å²) >= 11 is 8.25. The summed E-state index contributed by atoms with van der Waals surface area (Å²) in [5.74, 6) is 1.85. The van der Waals surface area contributed by atoms with Crippen LogP contribution in [-0.2, 0) is 12.1 Å². The number of thioether (sulfide) groups is 1. The Morgan fingerprint density at radius 2 is 1.73 bits per heavy atom. The molecule has 3 aliphatic heterocycles. The molecule has 1 aliphatic carbocycles. The van der Waals surface area contributed by atoms with E-state index >= 15 is 0 Å². The zero-order chi connectivity index (χ0) is 24.6. The van der Waals surface area contributed by atoms with Crippen LogP contribution >= 0.6 is 23.4 Å². The SMILES string of the molecule is O[C@](c1ccccc1)(c1cc(C[N+]23CCC(CC2)[C@@H](Sc2cccc(Cl)c2)C3)on1)C1CCCCC1.[Cl-]. The van der Waals surface area contributed by atoms with Gasteiger partial charge >= 0.3 is 0 Å². The number of rotatable bonds is 7. The quantitative estimate of drug-likeness (QED) is 0.444. The molecule has 1 aromatic heterocycles. The summed E-state index contributed by atoms with van der Waals surface area (Å²) in [5.41, 5.74) is 0.523. The Morgan fingerprint density at radius 1 is 0.973 bits per heavy atom. The van der Waals surface area contributed by atoms with Crippen LogP contribution in [0.5, 0.6) is 0 Å². The van der Waals surface area contributed by atoms with E-state index in [2.05, 4.69) is 23.4 Å². The maximum absolute atomic E-state index is 12.2. The summed E-state index contributed by atoms with van der Waals surface area (Å²) in [7, 11) is 0. The van der Waals surface area contributed by atoms with Crippen LogP contribution < -0.4 is 12.4 Å². The van der Waals surface area contributed by atoms with Crippen molar-refractivity contribution in [1.29, 1.82) is 0 Å². The fraction of sp³-hybridized carbons (Fsp3) is 0.500. The molecule has 2 aromatic carbocycles. The van der Waals surface area contributed by atoms with Crippen molar-refractivity contribution in [3.63, 3.8) is 0 Å². The van der Waals surface area contributed by atoms with Crippen LogP contribution in [0, 0.1) is 11.8 Å². The van der Waals surface area contributed by atoms with Crippen LogP contribution in [0.2, 0.25) is 5.02 Å². The molecule has 7 heteroatoms. The Labute approximate surface area is 235 Å². The monoisotopic (exact) mass is 558 g/mol. The minimum atomic E-state index is -1.09. The van der Waals surface area contributed by atoms with E-state index in [4.69, 9.17) is 16.1 Å². The molecule has 0 spiro atoms. The van der Waals surface area contributed by atoms with Crippen molar-refractivity contribution in [2.24, 2.45) is 11.8 Å². The largest absolute Gasteiger partial charge is 1.00 e. The van der Waals surface area contributed by atoms with Gasteiger partial charge in [-0.15, -0.1) is 11.8 Å². The van der Waals surface area contributed by atoms with E-state index in [0.717, 1.165) is 65.5 Å². The van der Waals surface area contributed by atoms with Crippen LogP contribution in [0.3, 0.4) is 0 Å². The fourth-order valence-electron chi connectivity index (χ4n) is 6.99. The standard InChI is InChI=1S/C30H36ClN2O2S.ClH/c31-25-12-7-13-27(18-25)36-28-21-33(16-14-22(28)15-17-33)20-26-19-29(32-35-26)30(34,23-8-3-1-4-9-23)24-10-5-2-6-11-24;/h1,3-4,7-9,12-13,18-19,22,24,28,34H,2,5-6,10-11,14-17,20-21H2;1H/q+1;/p-1/t22?,28-,30-,33?;/m0./s1. The van der Waals surface area contributed by atoms with Gasteiger partial charge in [0.25, 0.3) is 0 Å². The molecule has 4 nitrogen and oxygen atoms in total. The second-order valence-electron chi connectivity index (χ2n) is 11.2. The van der Waals surface area contributed by atoms with Gasteiger partial charge in [-0.05, 0) is 48.4 Å². The highest BCUT2D eigenvalue weighted by molar-refractivity contribution is 8.00. The summed E-state index contributed by atoms with van der Waals surface area (Å²) < 4.78 is 7.04. The lowest BCUT2D eigenvalue weighted by Crippen LogP contribution is -3.00. The van der Waals surface area contributed by atoms with Crippen LogP contribution in [0.25, 0.3) is 0 Å². The lowest BCUT2D eigenvalue weighted by atomic mass is 9.71. The lowest BCUT2D eigenvalue weighted by molar-refractivity contribution is -0.954. The minimum absolute atomic E-state index is 0. The van der Waals surface area contributed by atoms with E-state index in [1.807, 2.05) is 54.2 Å². The Kier molecular flexibility index (Phi) is 8.28. The van der Waals surface area contributed by atoms with Gasteiger partial charge in [0.15, 0.2) is 5.76 Å². The van der Waals surface area contributed by atoms with Gasteiger partial charge in [-0.1, -0.05) is 72.4 Å². The smallest absolute Gasteiger partial charge is 0.191 e. The summed E-state index contributed by atoms with van der Waals surface area (Å²) in [4.78, 5) is 1.27. The van der Waals surface area contributed by atoms with Gasteiger partial charge in [0.2, 0.25) is 0 Å². The first kappa shape index (κ1) is 27.1. The third kappa shape index (κ3) is 5.49. The van der Waals surface area contributed by atoms with Gasteiger partial charge in [0.1, 0.15) is 17.8 Å². The second-order valence-corrected chi connectivity index (χ2v) is 13.0. The molecule has 7 rings (SSSR count). The fourth-order valence-corrected chi connectivity index (χ4v) is 8.81. The first-order valence-electron chi connectivity index (χ1n) is 13.6. The molecule has 4 heterocycles. The molecule has 1 saturated carbocycles. The van der Waals surface area contributed by atoms with Gasteiger partial charge in [-0.3, -0.25) is 0 Å². The predicted molar refractivity (Wildman–Crippen MR) is 145 cm³/mol. The van der Waals surface area contributed by atoms with E-state index < -0.39 is 5.60 Å². The van der Waals surface area contributed by atoms with Crippen molar-refractivity contribution < 1.29 is 26.5 Å². The van der Waals surface area contributed by atoms with Crippen molar-refractivity contribution in [1.82, 2.24) is 5.16 Å². The van der Waals surface area contributed by atoms with Crippen molar-refractivity contribution in [2.75, 3.05) is 19.6 Å². The Balaban J connectivity index is 0.00000280. The topological polar surface area (TPSA) is 46.3 Å². The molecular formula is C30H36Cl2N2O2S. The van der Waals surface area contributed by atoms with E-state index in [9.17, 15) is 5.11 Å². The molecule has 198 valence electrons. The molecule has 1 N–H and O–H groups in total. The number of hydrogen-bond donors (Lipinski definition) is 1. The molecule has 0 radical (unpaired) electrons. The molecule has 4 aliphatic rings. The molecule has 2 bridgehead atoms. The highest BCUT2D eigenvalue weighted by Gasteiger charge is 2.48. The third-order valence-corrected chi connectivity index (χ3v) is 10.6. The Morgan fingerprint density at radius 3 is 2.46 bits per heavy atom. The average molecular weight is 560 g/mol. The lowest BCUT2D eigenvalue weighted by Gasteiger charge is -2.52. The number of hydrogen-bond acceptors (Lipinski definition) is 4. The number of fused-ring (bicyclic) bond motifs is 3. The molecule has 3 saturated heterocycles. The number of piperidine rings is 3. The van der Waals surface area contributed by atoms with Crippen molar-refractivity contribution >= 4 is 23.4 Å². The number of aliphatic hydroxyl groups is 1.